The van der Waals surface area contributed by atoms with Gasteiger partial charge in [-0.1, -0.05) is 0 Å². The Labute approximate surface area is 90.6 Å². The molecule has 0 saturated carbocycles. The van der Waals surface area contributed by atoms with Crippen molar-refractivity contribution < 1.29 is 4.74 Å². The van der Waals surface area contributed by atoms with E-state index in [2.05, 4.69) is 12.2 Å². The molecule has 1 aliphatic heterocycles. The SMILES string of the molecule is C[C@H](Oc1ccc(N)cc1)C1CCCN1. The zero-order chi connectivity index (χ0) is 10.7. The third-order valence-electron chi connectivity index (χ3n) is 2.87. The van der Waals surface area contributed by atoms with Gasteiger partial charge in [-0.05, 0) is 50.6 Å². The van der Waals surface area contributed by atoms with Crippen LogP contribution >= 0.6 is 0 Å². The summed E-state index contributed by atoms with van der Waals surface area (Å²) in [6, 6.07) is 8.05. The second-order valence-corrected chi connectivity index (χ2v) is 4.09. The maximum Gasteiger partial charge on any atom is 0.119 e. The van der Waals surface area contributed by atoms with Crippen LogP contribution < -0.4 is 15.8 Å². The summed E-state index contributed by atoms with van der Waals surface area (Å²) >= 11 is 0. The van der Waals surface area contributed by atoms with Crippen molar-refractivity contribution in [1.82, 2.24) is 5.32 Å². The van der Waals surface area contributed by atoms with Crippen LogP contribution in [0.25, 0.3) is 0 Å². The lowest BCUT2D eigenvalue weighted by molar-refractivity contribution is 0.180. The molecule has 1 aromatic carbocycles. The van der Waals surface area contributed by atoms with Gasteiger partial charge in [-0.15, -0.1) is 0 Å². The molecule has 1 saturated heterocycles. The molecule has 2 atom stereocenters. The monoisotopic (exact) mass is 206 g/mol. The predicted molar refractivity (Wildman–Crippen MR) is 62.0 cm³/mol. The van der Waals surface area contributed by atoms with Crippen LogP contribution in [0.3, 0.4) is 0 Å². The molecule has 2 rings (SSSR count). The normalized spacial score (nSPS) is 22.6. The molecule has 0 bridgehead atoms. The van der Waals surface area contributed by atoms with E-state index in [0.717, 1.165) is 18.0 Å². The van der Waals surface area contributed by atoms with E-state index < -0.39 is 0 Å². The fourth-order valence-electron chi connectivity index (χ4n) is 1.96. The summed E-state index contributed by atoms with van der Waals surface area (Å²) in [5, 5.41) is 3.44. The fourth-order valence-corrected chi connectivity index (χ4v) is 1.96. The molecule has 1 aromatic rings. The predicted octanol–water partition coefficient (Wildman–Crippen LogP) is 1.79. The van der Waals surface area contributed by atoms with Gasteiger partial charge in [0.25, 0.3) is 0 Å². The zero-order valence-corrected chi connectivity index (χ0v) is 9.07. The minimum absolute atomic E-state index is 0.219. The van der Waals surface area contributed by atoms with E-state index in [1.807, 2.05) is 24.3 Å². The van der Waals surface area contributed by atoms with E-state index >= 15 is 0 Å². The van der Waals surface area contributed by atoms with Crippen molar-refractivity contribution in [2.75, 3.05) is 12.3 Å². The van der Waals surface area contributed by atoms with E-state index in [1.54, 1.807) is 0 Å². The second-order valence-electron chi connectivity index (χ2n) is 4.09. The number of nitrogen functional groups attached to an aromatic ring is 1. The van der Waals surface area contributed by atoms with Crippen LogP contribution in [0.2, 0.25) is 0 Å². The van der Waals surface area contributed by atoms with E-state index in [9.17, 15) is 0 Å². The standard InChI is InChI=1S/C12H18N2O/c1-9(12-3-2-8-14-12)15-11-6-4-10(13)5-7-11/h4-7,9,12,14H,2-3,8,13H2,1H3/t9-,12?/m0/s1. The summed E-state index contributed by atoms with van der Waals surface area (Å²) in [7, 11) is 0. The summed E-state index contributed by atoms with van der Waals surface area (Å²) in [5.41, 5.74) is 6.38. The molecule has 3 heteroatoms. The highest BCUT2D eigenvalue weighted by Crippen LogP contribution is 2.18. The first-order valence-electron chi connectivity index (χ1n) is 5.51. The van der Waals surface area contributed by atoms with Gasteiger partial charge >= 0.3 is 0 Å². The third kappa shape index (κ3) is 2.63. The maximum atomic E-state index is 5.84. The summed E-state index contributed by atoms with van der Waals surface area (Å²) < 4.78 is 5.84. The van der Waals surface area contributed by atoms with Crippen LogP contribution in [0, 0.1) is 0 Å². The Morgan fingerprint density at radius 2 is 2.13 bits per heavy atom. The topological polar surface area (TPSA) is 47.3 Å². The van der Waals surface area contributed by atoms with Gasteiger partial charge in [-0.2, -0.15) is 0 Å². The van der Waals surface area contributed by atoms with Crippen molar-refractivity contribution in [1.29, 1.82) is 0 Å². The Balaban J connectivity index is 1.92. The van der Waals surface area contributed by atoms with Gasteiger partial charge in [0.1, 0.15) is 11.9 Å². The summed E-state index contributed by atoms with van der Waals surface area (Å²) in [6.07, 6.45) is 2.67. The average Bonchev–Trinajstić information content (AvgIpc) is 2.74. The summed E-state index contributed by atoms with van der Waals surface area (Å²) in [4.78, 5) is 0. The average molecular weight is 206 g/mol. The highest BCUT2D eigenvalue weighted by atomic mass is 16.5. The second kappa shape index (κ2) is 4.53. The molecule has 15 heavy (non-hydrogen) atoms. The van der Waals surface area contributed by atoms with Crippen LogP contribution in [-0.2, 0) is 0 Å². The smallest absolute Gasteiger partial charge is 0.119 e. The molecule has 0 spiro atoms. The third-order valence-corrected chi connectivity index (χ3v) is 2.87. The van der Waals surface area contributed by atoms with Gasteiger partial charge in [0.05, 0.1) is 0 Å². The van der Waals surface area contributed by atoms with Crippen LogP contribution in [0.1, 0.15) is 19.8 Å². The lowest BCUT2D eigenvalue weighted by atomic mass is 10.1. The molecule has 3 nitrogen and oxygen atoms in total. The van der Waals surface area contributed by atoms with Crippen molar-refractivity contribution in [2.24, 2.45) is 0 Å². The Kier molecular flexibility index (Phi) is 3.11. The number of hydrogen-bond donors (Lipinski definition) is 2. The lowest BCUT2D eigenvalue weighted by Gasteiger charge is -2.21. The lowest BCUT2D eigenvalue weighted by Crippen LogP contribution is -2.36. The largest absolute Gasteiger partial charge is 0.489 e. The highest BCUT2D eigenvalue weighted by Gasteiger charge is 2.21. The van der Waals surface area contributed by atoms with Gasteiger partial charge in [-0.3, -0.25) is 0 Å². The highest BCUT2D eigenvalue weighted by molar-refractivity contribution is 5.41. The number of nitrogens with two attached hydrogens (primary N) is 1. The van der Waals surface area contributed by atoms with Gasteiger partial charge in [-0.25, -0.2) is 0 Å². The number of hydrogen-bond acceptors (Lipinski definition) is 3. The molecule has 1 heterocycles. The van der Waals surface area contributed by atoms with E-state index in [4.69, 9.17) is 10.5 Å². The molecule has 82 valence electrons. The molecule has 0 aliphatic carbocycles. The van der Waals surface area contributed by atoms with Crippen molar-refractivity contribution >= 4 is 5.69 Å². The van der Waals surface area contributed by atoms with Crippen LogP contribution in [0.15, 0.2) is 24.3 Å². The maximum absolute atomic E-state index is 5.84. The van der Waals surface area contributed by atoms with Crippen LogP contribution in [-0.4, -0.2) is 18.7 Å². The number of rotatable bonds is 3. The summed E-state index contributed by atoms with van der Waals surface area (Å²) in [5.74, 6) is 0.894. The number of ether oxygens (including phenoxy) is 1. The van der Waals surface area contributed by atoms with Crippen molar-refractivity contribution in [2.45, 2.75) is 31.9 Å². The Morgan fingerprint density at radius 3 is 2.73 bits per heavy atom. The van der Waals surface area contributed by atoms with Gasteiger partial charge in [0.2, 0.25) is 0 Å². The zero-order valence-electron chi connectivity index (χ0n) is 9.07. The number of anilines is 1. The van der Waals surface area contributed by atoms with Crippen LogP contribution in [0.5, 0.6) is 5.75 Å². The number of benzene rings is 1. The molecular weight excluding hydrogens is 188 g/mol. The van der Waals surface area contributed by atoms with E-state index in [1.165, 1.54) is 12.8 Å². The molecular formula is C12H18N2O. The minimum Gasteiger partial charge on any atom is -0.489 e. The molecule has 0 aromatic heterocycles. The van der Waals surface area contributed by atoms with Crippen molar-refractivity contribution in [3.8, 4) is 5.75 Å². The van der Waals surface area contributed by atoms with Crippen molar-refractivity contribution in [3.05, 3.63) is 24.3 Å². The quantitative estimate of drug-likeness (QED) is 0.741. The number of nitrogens with one attached hydrogen (secondary N) is 1. The molecule has 1 aliphatic rings. The Hall–Kier alpha value is -1.22. The minimum atomic E-state index is 0.219. The van der Waals surface area contributed by atoms with Crippen LogP contribution in [0.4, 0.5) is 5.69 Å². The van der Waals surface area contributed by atoms with Crippen molar-refractivity contribution in [3.63, 3.8) is 0 Å². The fraction of sp³-hybridized carbons (Fsp3) is 0.500. The summed E-state index contributed by atoms with van der Waals surface area (Å²) in [6.45, 7) is 3.22. The first-order valence-corrected chi connectivity index (χ1v) is 5.51. The Bertz CT molecular complexity index is 304. The van der Waals surface area contributed by atoms with E-state index in [-0.39, 0.29) is 6.10 Å². The molecule has 1 unspecified atom stereocenters. The van der Waals surface area contributed by atoms with Gasteiger partial charge < -0.3 is 15.8 Å². The molecule has 0 radical (unpaired) electrons. The first kappa shape index (κ1) is 10.3. The molecule has 3 N–H and O–H groups in total. The first-order chi connectivity index (χ1) is 7.25. The van der Waals surface area contributed by atoms with Gasteiger partial charge in [0.15, 0.2) is 0 Å². The molecule has 1 fully saturated rings. The molecule has 0 amide bonds. The van der Waals surface area contributed by atoms with Gasteiger partial charge in [0, 0.05) is 11.7 Å². The van der Waals surface area contributed by atoms with E-state index in [0.29, 0.717) is 6.04 Å². The Morgan fingerprint density at radius 1 is 1.40 bits per heavy atom.